The normalized spacial score (nSPS) is 12.1. The van der Waals surface area contributed by atoms with Crippen LogP contribution in [0.25, 0.3) is 10.9 Å². The van der Waals surface area contributed by atoms with Crippen LogP contribution in [-0.4, -0.2) is 28.6 Å². The number of ether oxygens (including phenoxy) is 1. The van der Waals surface area contributed by atoms with Gasteiger partial charge in [-0.05, 0) is 37.1 Å². The number of aromatic nitrogens is 2. The molecule has 28 heavy (non-hydrogen) atoms. The van der Waals surface area contributed by atoms with E-state index in [1.54, 1.807) is 0 Å². The molecule has 0 aliphatic heterocycles. The van der Waals surface area contributed by atoms with Gasteiger partial charge >= 0.3 is 0 Å². The molecule has 1 amide bonds. The first-order chi connectivity index (χ1) is 13.5. The van der Waals surface area contributed by atoms with Gasteiger partial charge in [-0.3, -0.25) is 14.2 Å². The number of nitrogens with zero attached hydrogens (tertiary/aromatic N) is 2. The number of carbonyl (C=O) groups excluding carboxylic acids is 1. The first-order valence-corrected chi connectivity index (χ1v) is 9.12. The van der Waals surface area contributed by atoms with Crippen LogP contribution >= 0.6 is 0 Å². The number of carbonyl (C=O) groups is 1. The van der Waals surface area contributed by atoms with Crippen LogP contribution in [0.3, 0.4) is 0 Å². The zero-order valence-electron chi connectivity index (χ0n) is 15.6. The Bertz CT molecular complexity index is 1000. The highest BCUT2D eigenvalue weighted by molar-refractivity contribution is 5.78. The van der Waals surface area contributed by atoms with Crippen LogP contribution < -0.4 is 10.9 Å². The number of hydrogen-bond acceptors (Lipinski definition) is 4. The maximum Gasteiger partial charge on any atom is 0.261 e. The van der Waals surface area contributed by atoms with Gasteiger partial charge in [0.25, 0.3) is 5.56 Å². The lowest BCUT2D eigenvalue weighted by atomic mass is 10.1. The molecule has 7 heteroatoms. The summed E-state index contributed by atoms with van der Waals surface area (Å²) in [5.41, 5.74) is 1.05. The minimum atomic E-state index is -0.515. The Morgan fingerprint density at radius 3 is 2.82 bits per heavy atom. The van der Waals surface area contributed by atoms with Gasteiger partial charge in [-0.1, -0.05) is 30.3 Å². The maximum atomic E-state index is 13.3. The Morgan fingerprint density at radius 1 is 1.25 bits per heavy atom. The average Bonchev–Trinajstić information content (AvgIpc) is 2.71. The second kappa shape index (κ2) is 9.23. The number of amides is 1. The van der Waals surface area contributed by atoms with Gasteiger partial charge in [0, 0.05) is 13.2 Å². The fourth-order valence-corrected chi connectivity index (χ4v) is 2.83. The van der Waals surface area contributed by atoms with Crippen molar-refractivity contribution in [1.82, 2.24) is 14.9 Å². The minimum Gasteiger partial charge on any atom is -0.374 e. The molecular weight excluding hydrogens is 361 g/mol. The van der Waals surface area contributed by atoms with Crippen molar-refractivity contribution < 1.29 is 13.9 Å². The quantitative estimate of drug-likeness (QED) is 0.607. The SMILES string of the molecule is CC(OCCCNC(=O)Cn1cnc2ccc(F)cc2c1=O)c1ccccc1. The summed E-state index contributed by atoms with van der Waals surface area (Å²) < 4.78 is 20.3. The molecule has 0 saturated carbocycles. The molecule has 0 spiro atoms. The van der Waals surface area contributed by atoms with E-state index in [9.17, 15) is 14.0 Å². The fourth-order valence-electron chi connectivity index (χ4n) is 2.83. The molecule has 0 radical (unpaired) electrons. The van der Waals surface area contributed by atoms with Crippen LogP contribution in [0.5, 0.6) is 0 Å². The molecule has 0 aliphatic rings. The third kappa shape index (κ3) is 5.01. The standard InChI is InChI=1S/C21H22FN3O3/c1-15(16-6-3-2-4-7-16)28-11-5-10-23-20(26)13-25-14-24-19-9-8-17(22)12-18(19)21(25)27/h2-4,6-9,12,14-15H,5,10-11,13H2,1H3,(H,23,26). The minimum absolute atomic E-state index is 0.0143. The monoisotopic (exact) mass is 383 g/mol. The third-order valence-corrected chi connectivity index (χ3v) is 4.38. The molecule has 0 aliphatic carbocycles. The molecule has 0 bridgehead atoms. The molecule has 1 aromatic heterocycles. The van der Waals surface area contributed by atoms with Crippen LogP contribution in [-0.2, 0) is 16.1 Å². The molecule has 3 rings (SSSR count). The molecule has 2 aromatic carbocycles. The summed E-state index contributed by atoms with van der Waals surface area (Å²) in [6.45, 7) is 2.76. The highest BCUT2D eigenvalue weighted by atomic mass is 19.1. The molecule has 1 N–H and O–H groups in total. The number of nitrogens with one attached hydrogen (secondary N) is 1. The van der Waals surface area contributed by atoms with Crippen molar-refractivity contribution in [1.29, 1.82) is 0 Å². The van der Waals surface area contributed by atoms with Crippen molar-refractivity contribution in [3.05, 3.63) is 76.6 Å². The number of hydrogen-bond donors (Lipinski definition) is 1. The van der Waals surface area contributed by atoms with E-state index in [1.165, 1.54) is 23.0 Å². The average molecular weight is 383 g/mol. The third-order valence-electron chi connectivity index (χ3n) is 4.38. The van der Waals surface area contributed by atoms with Crippen LogP contribution in [0.2, 0.25) is 0 Å². The summed E-state index contributed by atoms with van der Waals surface area (Å²) in [6, 6.07) is 13.7. The summed E-state index contributed by atoms with van der Waals surface area (Å²) in [5.74, 6) is -0.825. The van der Waals surface area contributed by atoms with Gasteiger partial charge in [-0.2, -0.15) is 0 Å². The van der Waals surface area contributed by atoms with Crippen molar-refractivity contribution in [2.24, 2.45) is 0 Å². The first kappa shape index (κ1) is 19.7. The number of fused-ring (bicyclic) bond motifs is 1. The first-order valence-electron chi connectivity index (χ1n) is 9.12. The Hall–Kier alpha value is -3.06. The summed E-state index contributed by atoms with van der Waals surface area (Å²) in [5, 5.41) is 2.90. The molecule has 1 heterocycles. The second-order valence-electron chi connectivity index (χ2n) is 6.47. The number of benzene rings is 2. The lowest BCUT2D eigenvalue weighted by Crippen LogP contribution is -2.33. The van der Waals surface area contributed by atoms with Gasteiger partial charge in [-0.25, -0.2) is 9.37 Å². The van der Waals surface area contributed by atoms with E-state index in [2.05, 4.69) is 10.3 Å². The van der Waals surface area contributed by atoms with E-state index in [1.807, 2.05) is 37.3 Å². The van der Waals surface area contributed by atoms with E-state index in [-0.39, 0.29) is 23.9 Å². The summed E-state index contributed by atoms with van der Waals surface area (Å²) >= 11 is 0. The molecule has 146 valence electrons. The number of rotatable bonds is 8. The predicted molar refractivity (Wildman–Crippen MR) is 104 cm³/mol. The Kier molecular flexibility index (Phi) is 6.49. The van der Waals surface area contributed by atoms with Crippen molar-refractivity contribution >= 4 is 16.8 Å². The van der Waals surface area contributed by atoms with E-state index >= 15 is 0 Å². The van der Waals surface area contributed by atoms with E-state index in [0.717, 1.165) is 11.6 Å². The topological polar surface area (TPSA) is 73.2 Å². The van der Waals surface area contributed by atoms with Crippen molar-refractivity contribution in [3.63, 3.8) is 0 Å². The molecule has 0 saturated heterocycles. The van der Waals surface area contributed by atoms with Gasteiger partial charge < -0.3 is 10.1 Å². The Morgan fingerprint density at radius 2 is 2.04 bits per heavy atom. The molecule has 1 atom stereocenters. The molecule has 1 unspecified atom stereocenters. The summed E-state index contributed by atoms with van der Waals surface area (Å²) in [4.78, 5) is 28.5. The predicted octanol–water partition coefficient (Wildman–Crippen LogP) is 2.82. The van der Waals surface area contributed by atoms with Crippen LogP contribution in [0.1, 0.15) is 25.0 Å². The van der Waals surface area contributed by atoms with Crippen LogP contribution in [0, 0.1) is 5.82 Å². The fraction of sp³-hybridized carbons (Fsp3) is 0.286. The van der Waals surface area contributed by atoms with Gasteiger partial charge in [0.05, 0.1) is 23.3 Å². The lowest BCUT2D eigenvalue weighted by molar-refractivity contribution is -0.121. The largest absolute Gasteiger partial charge is 0.374 e. The Balaban J connectivity index is 1.45. The van der Waals surface area contributed by atoms with E-state index in [4.69, 9.17) is 4.74 Å². The van der Waals surface area contributed by atoms with Gasteiger partial charge in [0.15, 0.2) is 0 Å². The van der Waals surface area contributed by atoms with Crippen molar-refractivity contribution in [2.75, 3.05) is 13.2 Å². The van der Waals surface area contributed by atoms with E-state index in [0.29, 0.717) is 25.1 Å². The van der Waals surface area contributed by atoms with Gasteiger partial charge in [0.2, 0.25) is 5.91 Å². The summed E-state index contributed by atoms with van der Waals surface area (Å²) in [6.07, 6.45) is 1.94. The lowest BCUT2D eigenvalue weighted by Gasteiger charge is -2.13. The molecular formula is C21H22FN3O3. The van der Waals surface area contributed by atoms with Crippen LogP contribution in [0.15, 0.2) is 59.7 Å². The van der Waals surface area contributed by atoms with Crippen molar-refractivity contribution in [3.8, 4) is 0 Å². The van der Waals surface area contributed by atoms with Gasteiger partial charge in [-0.15, -0.1) is 0 Å². The highest BCUT2D eigenvalue weighted by Gasteiger charge is 2.09. The molecule has 6 nitrogen and oxygen atoms in total. The zero-order valence-corrected chi connectivity index (χ0v) is 15.6. The molecule has 3 aromatic rings. The highest BCUT2D eigenvalue weighted by Crippen LogP contribution is 2.15. The maximum absolute atomic E-state index is 13.3. The van der Waals surface area contributed by atoms with E-state index < -0.39 is 11.4 Å². The Labute approximate surface area is 162 Å². The number of halogens is 1. The van der Waals surface area contributed by atoms with Crippen molar-refractivity contribution in [2.45, 2.75) is 26.0 Å². The van der Waals surface area contributed by atoms with Crippen LogP contribution in [0.4, 0.5) is 4.39 Å². The van der Waals surface area contributed by atoms with Gasteiger partial charge in [0.1, 0.15) is 12.4 Å². The second-order valence-corrected chi connectivity index (χ2v) is 6.47. The smallest absolute Gasteiger partial charge is 0.261 e. The zero-order chi connectivity index (χ0) is 19.9. The summed E-state index contributed by atoms with van der Waals surface area (Å²) in [7, 11) is 0. The molecule has 0 fully saturated rings.